The van der Waals surface area contributed by atoms with Crippen LogP contribution in [0.1, 0.15) is 29.7 Å². The molecule has 0 saturated heterocycles. The van der Waals surface area contributed by atoms with Crippen LogP contribution in [0.2, 0.25) is 0 Å². The highest BCUT2D eigenvalue weighted by Crippen LogP contribution is 2.26. The molecule has 0 radical (unpaired) electrons. The van der Waals surface area contributed by atoms with Crippen LogP contribution in [-0.4, -0.2) is 17.9 Å². The lowest BCUT2D eigenvalue weighted by Crippen LogP contribution is -2.27. The summed E-state index contributed by atoms with van der Waals surface area (Å²) in [6.45, 7) is 1.88. The van der Waals surface area contributed by atoms with Crippen LogP contribution in [0.25, 0.3) is 11.6 Å². The van der Waals surface area contributed by atoms with E-state index in [0.29, 0.717) is 22.4 Å². The van der Waals surface area contributed by atoms with E-state index in [0.717, 1.165) is 5.56 Å². The van der Waals surface area contributed by atoms with E-state index < -0.39 is 4.92 Å². The van der Waals surface area contributed by atoms with Crippen molar-refractivity contribution in [1.29, 1.82) is 0 Å². The average molecular weight is 402 g/mol. The Bertz CT molecular complexity index is 1080. The van der Waals surface area contributed by atoms with Gasteiger partial charge in [-0.15, -0.1) is 0 Å². The van der Waals surface area contributed by atoms with E-state index in [1.54, 1.807) is 25.3 Å². The number of nitrogens with one attached hydrogen (secondary N) is 1. The van der Waals surface area contributed by atoms with E-state index in [1.165, 1.54) is 12.1 Å². The monoisotopic (exact) mass is 402 g/mol. The minimum Gasteiger partial charge on any atom is -0.496 e. The van der Waals surface area contributed by atoms with Crippen LogP contribution in [0.5, 0.6) is 5.75 Å². The molecule has 0 aliphatic carbocycles. The largest absolute Gasteiger partial charge is 0.496 e. The van der Waals surface area contributed by atoms with Gasteiger partial charge in [-0.3, -0.25) is 14.9 Å². The van der Waals surface area contributed by atoms with E-state index in [4.69, 9.17) is 4.74 Å². The Morgan fingerprint density at radius 1 is 1.03 bits per heavy atom. The second kappa shape index (κ2) is 9.52. The molecule has 1 N–H and O–H groups in total. The zero-order valence-electron chi connectivity index (χ0n) is 16.7. The molecule has 0 aliphatic rings. The number of carbonyl (C=O) groups is 1. The molecule has 0 bridgehead atoms. The lowest BCUT2D eigenvalue weighted by Gasteiger charge is -2.18. The van der Waals surface area contributed by atoms with Gasteiger partial charge in [0.2, 0.25) is 0 Å². The molecule has 0 fully saturated rings. The van der Waals surface area contributed by atoms with Crippen LogP contribution in [0.15, 0.2) is 78.9 Å². The van der Waals surface area contributed by atoms with Crippen molar-refractivity contribution in [3.63, 3.8) is 0 Å². The van der Waals surface area contributed by atoms with Gasteiger partial charge in [0.1, 0.15) is 5.75 Å². The normalized spacial score (nSPS) is 12.1. The molecule has 3 aromatic carbocycles. The van der Waals surface area contributed by atoms with Crippen molar-refractivity contribution >= 4 is 23.2 Å². The fourth-order valence-electron chi connectivity index (χ4n) is 3.17. The highest BCUT2D eigenvalue weighted by Gasteiger charge is 2.18. The number of hydrogen-bond acceptors (Lipinski definition) is 4. The SMILES string of the molecule is COc1ccccc1[C@H](C)NC(=O)/C(=C/c1cccc([N+](=O)[O-])c1)c1ccccc1. The fourth-order valence-corrected chi connectivity index (χ4v) is 3.17. The Labute approximate surface area is 175 Å². The Morgan fingerprint density at radius 2 is 1.73 bits per heavy atom. The van der Waals surface area contributed by atoms with E-state index in [9.17, 15) is 14.9 Å². The highest BCUT2D eigenvalue weighted by atomic mass is 16.6. The van der Waals surface area contributed by atoms with Crippen LogP contribution in [-0.2, 0) is 4.79 Å². The van der Waals surface area contributed by atoms with Crippen LogP contribution in [0.3, 0.4) is 0 Å². The number of nitrogens with zero attached hydrogens (tertiary/aromatic N) is 1. The third-order valence-corrected chi connectivity index (χ3v) is 4.67. The van der Waals surface area contributed by atoms with Crippen LogP contribution >= 0.6 is 0 Å². The minimum atomic E-state index is -0.455. The Morgan fingerprint density at radius 3 is 2.43 bits per heavy atom. The summed E-state index contributed by atoms with van der Waals surface area (Å²) in [4.78, 5) is 23.8. The summed E-state index contributed by atoms with van der Waals surface area (Å²) in [6.07, 6.45) is 1.66. The highest BCUT2D eigenvalue weighted by molar-refractivity contribution is 6.24. The molecular weight excluding hydrogens is 380 g/mol. The van der Waals surface area contributed by atoms with Gasteiger partial charge in [0, 0.05) is 23.3 Å². The quantitative estimate of drug-likeness (QED) is 0.260. The van der Waals surface area contributed by atoms with Crippen molar-refractivity contribution in [3.05, 3.63) is 106 Å². The molecule has 3 rings (SSSR count). The first-order valence-corrected chi connectivity index (χ1v) is 9.45. The van der Waals surface area contributed by atoms with Gasteiger partial charge in [-0.25, -0.2) is 0 Å². The average Bonchev–Trinajstić information content (AvgIpc) is 2.78. The number of methoxy groups -OCH3 is 1. The molecule has 152 valence electrons. The number of carbonyl (C=O) groups excluding carboxylic acids is 1. The topological polar surface area (TPSA) is 81.5 Å². The lowest BCUT2D eigenvalue weighted by molar-refractivity contribution is -0.384. The van der Waals surface area contributed by atoms with Gasteiger partial charge >= 0.3 is 0 Å². The van der Waals surface area contributed by atoms with Gasteiger partial charge in [0.05, 0.1) is 18.1 Å². The summed E-state index contributed by atoms with van der Waals surface area (Å²) in [5, 5.41) is 14.1. The maximum absolute atomic E-state index is 13.2. The molecule has 30 heavy (non-hydrogen) atoms. The van der Waals surface area contributed by atoms with E-state index in [-0.39, 0.29) is 17.6 Å². The molecule has 0 aromatic heterocycles. The Hall–Kier alpha value is -3.93. The molecule has 0 saturated carbocycles. The van der Waals surface area contributed by atoms with Crippen molar-refractivity contribution in [2.24, 2.45) is 0 Å². The van der Waals surface area contributed by atoms with Crippen molar-refractivity contribution in [2.75, 3.05) is 7.11 Å². The maximum Gasteiger partial charge on any atom is 0.270 e. The van der Waals surface area contributed by atoms with E-state index in [2.05, 4.69) is 5.32 Å². The molecule has 1 amide bonds. The van der Waals surface area contributed by atoms with Crippen molar-refractivity contribution in [2.45, 2.75) is 13.0 Å². The summed E-state index contributed by atoms with van der Waals surface area (Å²) in [7, 11) is 1.59. The Balaban J connectivity index is 1.96. The zero-order chi connectivity index (χ0) is 21.5. The second-order valence-corrected chi connectivity index (χ2v) is 6.71. The Kier molecular flexibility index (Phi) is 6.60. The number of ether oxygens (including phenoxy) is 1. The summed E-state index contributed by atoms with van der Waals surface area (Å²) < 4.78 is 5.39. The summed E-state index contributed by atoms with van der Waals surface area (Å²) >= 11 is 0. The fraction of sp³-hybridized carbons (Fsp3) is 0.125. The molecule has 0 aliphatic heterocycles. The van der Waals surface area contributed by atoms with Gasteiger partial charge in [0.25, 0.3) is 11.6 Å². The first-order chi connectivity index (χ1) is 14.5. The second-order valence-electron chi connectivity index (χ2n) is 6.71. The van der Waals surface area contributed by atoms with Gasteiger partial charge in [0.15, 0.2) is 0 Å². The number of nitro benzene ring substituents is 1. The van der Waals surface area contributed by atoms with E-state index >= 15 is 0 Å². The van der Waals surface area contributed by atoms with Crippen LogP contribution < -0.4 is 10.1 Å². The summed E-state index contributed by atoms with van der Waals surface area (Å²) in [5.41, 5.74) is 2.53. The number of non-ortho nitro benzene ring substituents is 1. The molecular formula is C24H22N2O4. The van der Waals surface area contributed by atoms with Gasteiger partial charge in [-0.2, -0.15) is 0 Å². The van der Waals surface area contributed by atoms with Crippen LogP contribution in [0.4, 0.5) is 5.69 Å². The van der Waals surface area contributed by atoms with Crippen molar-refractivity contribution in [1.82, 2.24) is 5.32 Å². The van der Waals surface area contributed by atoms with E-state index in [1.807, 2.05) is 61.5 Å². The number of amides is 1. The smallest absolute Gasteiger partial charge is 0.270 e. The van der Waals surface area contributed by atoms with Crippen molar-refractivity contribution < 1.29 is 14.5 Å². The third kappa shape index (κ3) is 4.91. The molecule has 6 heteroatoms. The van der Waals surface area contributed by atoms with Gasteiger partial charge < -0.3 is 10.1 Å². The minimum absolute atomic E-state index is 0.0287. The van der Waals surface area contributed by atoms with Gasteiger partial charge in [-0.05, 0) is 30.2 Å². The predicted octanol–water partition coefficient (Wildman–Crippen LogP) is 5.02. The predicted molar refractivity (Wildman–Crippen MR) is 117 cm³/mol. The number of nitro groups is 1. The molecule has 6 nitrogen and oxygen atoms in total. The summed E-state index contributed by atoms with van der Waals surface area (Å²) in [5.74, 6) is 0.403. The molecule has 1 atom stereocenters. The number of rotatable bonds is 7. The molecule has 0 spiro atoms. The standard InChI is InChI=1S/C24H22N2O4/c1-17(21-13-6-7-14-23(21)30-2)25-24(27)22(19-10-4-3-5-11-19)16-18-9-8-12-20(15-18)26(28)29/h3-17H,1-2H3,(H,25,27)/b22-16+/t17-/m0/s1. The third-order valence-electron chi connectivity index (χ3n) is 4.67. The maximum atomic E-state index is 13.2. The van der Waals surface area contributed by atoms with Gasteiger partial charge in [-0.1, -0.05) is 60.7 Å². The zero-order valence-corrected chi connectivity index (χ0v) is 16.7. The summed E-state index contributed by atoms with van der Waals surface area (Å²) in [6, 6.07) is 22.6. The number of hydrogen-bond donors (Lipinski definition) is 1. The first kappa shape index (κ1) is 20.8. The van der Waals surface area contributed by atoms with Crippen LogP contribution in [0, 0.1) is 10.1 Å². The first-order valence-electron chi connectivity index (χ1n) is 9.45. The molecule has 0 heterocycles. The number of benzene rings is 3. The molecule has 3 aromatic rings. The molecule has 0 unspecified atom stereocenters. The van der Waals surface area contributed by atoms with Crippen molar-refractivity contribution in [3.8, 4) is 5.75 Å². The number of para-hydroxylation sites is 1. The lowest BCUT2D eigenvalue weighted by atomic mass is 10.0.